The lowest BCUT2D eigenvalue weighted by Crippen LogP contribution is -2.47. The molecule has 4 rings (SSSR count). The highest BCUT2D eigenvalue weighted by Crippen LogP contribution is 2.25. The Kier molecular flexibility index (Phi) is 6.80. The standard InChI is InChI=1S/C23H28N4O3S/c1-16-17(2)31-22-21(16)23(29)27(15-25-22)9-8-20(28)24-12-19-14-26(10-11-30-19)13-18-6-4-3-5-7-18/h3-7,15,19H,8-14H2,1-2H3,(H,24,28). The fraction of sp³-hybridized carbons (Fsp3) is 0.435. The van der Waals surface area contributed by atoms with Crippen LogP contribution in [0.25, 0.3) is 10.2 Å². The van der Waals surface area contributed by atoms with Crippen molar-refractivity contribution in [3.05, 3.63) is 63.0 Å². The SMILES string of the molecule is Cc1sc2ncn(CCC(=O)NCC3CN(Cc4ccccc4)CCO3)c(=O)c2c1C. The van der Waals surface area contributed by atoms with E-state index >= 15 is 0 Å². The molecule has 7 nitrogen and oxygen atoms in total. The number of carbonyl (C=O) groups excluding carboxylic acids is 1. The molecule has 0 radical (unpaired) electrons. The molecule has 1 aliphatic rings. The van der Waals surface area contributed by atoms with Crippen molar-refractivity contribution >= 4 is 27.5 Å². The van der Waals surface area contributed by atoms with Gasteiger partial charge in [-0.15, -0.1) is 11.3 Å². The highest BCUT2D eigenvalue weighted by molar-refractivity contribution is 7.18. The van der Waals surface area contributed by atoms with Crippen molar-refractivity contribution < 1.29 is 9.53 Å². The van der Waals surface area contributed by atoms with E-state index in [1.165, 1.54) is 21.5 Å². The fourth-order valence-electron chi connectivity index (χ4n) is 3.86. The van der Waals surface area contributed by atoms with Gasteiger partial charge in [-0.2, -0.15) is 0 Å². The molecule has 1 N–H and O–H groups in total. The zero-order valence-electron chi connectivity index (χ0n) is 18.0. The van der Waals surface area contributed by atoms with E-state index in [2.05, 4.69) is 27.3 Å². The average molecular weight is 441 g/mol. The van der Waals surface area contributed by atoms with Crippen molar-refractivity contribution in [2.45, 2.75) is 39.5 Å². The molecular weight excluding hydrogens is 412 g/mol. The predicted molar refractivity (Wildman–Crippen MR) is 122 cm³/mol. The Balaban J connectivity index is 1.27. The van der Waals surface area contributed by atoms with Crippen LogP contribution >= 0.6 is 11.3 Å². The van der Waals surface area contributed by atoms with Gasteiger partial charge in [0.1, 0.15) is 4.83 Å². The second-order valence-electron chi connectivity index (χ2n) is 7.97. The fourth-order valence-corrected chi connectivity index (χ4v) is 4.84. The van der Waals surface area contributed by atoms with Crippen LogP contribution in [0, 0.1) is 13.8 Å². The largest absolute Gasteiger partial charge is 0.374 e. The number of carbonyl (C=O) groups is 1. The summed E-state index contributed by atoms with van der Waals surface area (Å²) in [4.78, 5) is 33.7. The maximum absolute atomic E-state index is 12.7. The number of nitrogens with zero attached hydrogens (tertiary/aromatic N) is 3. The lowest BCUT2D eigenvalue weighted by atomic mass is 10.2. The van der Waals surface area contributed by atoms with Crippen LogP contribution in [0.3, 0.4) is 0 Å². The van der Waals surface area contributed by atoms with Gasteiger partial charge in [0.25, 0.3) is 5.56 Å². The van der Waals surface area contributed by atoms with Crippen LogP contribution in [0.1, 0.15) is 22.4 Å². The van der Waals surface area contributed by atoms with E-state index in [0.717, 1.165) is 34.9 Å². The van der Waals surface area contributed by atoms with Crippen molar-refractivity contribution in [2.75, 3.05) is 26.2 Å². The number of morpholine rings is 1. The van der Waals surface area contributed by atoms with Crippen LogP contribution in [0.2, 0.25) is 0 Å². The first-order valence-electron chi connectivity index (χ1n) is 10.6. The van der Waals surface area contributed by atoms with Crippen molar-refractivity contribution in [3.63, 3.8) is 0 Å². The highest BCUT2D eigenvalue weighted by Gasteiger charge is 2.21. The van der Waals surface area contributed by atoms with Crippen LogP contribution in [0.5, 0.6) is 0 Å². The van der Waals surface area contributed by atoms with Crippen LogP contribution in [0.15, 0.2) is 41.5 Å². The smallest absolute Gasteiger partial charge is 0.262 e. The summed E-state index contributed by atoms with van der Waals surface area (Å²) in [6, 6.07) is 10.4. The van der Waals surface area contributed by atoms with Gasteiger partial charge in [0, 0.05) is 44.0 Å². The van der Waals surface area contributed by atoms with Gasteiger partial charge in [0.15, 0.2) is 0 Å². The van der Waals surface area contributed by atoms with Gasteiger partial charge in [-0.3, -0.25) is 19.1 Å². The minimum atomic E-state index is -0.0889. The topological polar surface area (TPSA) is 76.5 Å². The number of hydrogen-bond donors (Lipinski definition) is 1. The second-order valence-corrected chi connectivity index (χ2v) is 9.18. The molecule has 1 aliphatic heterocycles. The first-order chi connectivity index (χ1) is 15.0. The number of fused-ring (bicyclic) bond motifs is 1. The quantitative estimate of drug-likeness (QED) is 0.611. The summed E-state index contributed by atoms with van der Waals surface area (Å²) in [5, 5.41) is 3.62. The maximum atomic E-state index is 12.7. The third kappa shape index (κ3) is 5.20. The molecule has 8 heteroatoms. The molecule has 0 bridgehead atoms. The molecule has 1 aromatic carbocycles. The summed E-state index contributed by atoms with van der Waals surface area (Å²) < 4.78 is 7.35. The average Bonchev–Trinajstić information content (AvgIpc) is 3.07. The molecular formula is C23H28N4O3S. The van der Waals surface area contributed by atoms with E-state index in [4.69, 9.17) is 4.74 Å². The predicted octanol–water partition coefficient (Wildman–Crippen LogP) is 2.48. The van der Waals surface area contributed by atoms with E-state index in [0.29, 0.717) is 25.1 Å². The van der Waals surface area contributed by atoms with Gasteiger partial charge in [-0.25, -0.2) is 4.98 Å². The van der Waals surface area contributed by atoms with Gasteiger partial charge < -0.3 is 10.1 Å². The van der Waals surface area contributed by atoms with E-state index in [1.54, 1.807) is 6.33 Å². The summed E-state index contributed by atoms with van der Waals surface area (Å²) in [5.74, 6) is -0.0889. The summed E-state index contributed by atoms with van der Waals surface area (Å²) in [7, 11) is 0. The Hall–Kier alpha value is -2.55. The normalized spacial score (nSPS) is 17.2. The van der Waals surface area contributed by atoms with Crippen LogP contribution in [-0.2, 0) is 22.6 Å². The third-order valence-corrected chi connectivity index (χ3v) is 6.85. The Morgan fingerprint density at radius 1 is 1.29 bits per heavy atom. The number of rotatable bonds is 7. The number of aryl methyl sites for hydroxylation is 3. The molecule has 1 unspecified atom stereocenters. The van der Waals surface area contributed by atoms with Gasteiger partial charge in [0.2, 0.25) is 5.91 Å². The van der Waals surface area contributed by atoms with Gasteiger partial charge in [0.05, 0.1) is 24.4 Å². The first kappa shape index (κ1) is 21.7. The highest BCUT2D eigenvalue weighted by atomic mass is 32.1. The van der Waals surface area contributed by atoms with Crippen LogP contribution in [-0.4, -0.2) is 52.7 Å². The number of ether oxygens (including phenoxy) is 1. The molecule has 1 amide bonds. The summed E-state index contributed by atoms with van der Waals surface area (Å²) in [6.45, 7) is 7.94. The Morgan fingerprint density at radius 2 is 2.10 bits per heavy atom. The number of hydrogen-bond acceptors (Lipinski definition) is 6. The number of nitrogens with one attached hydrogen (secondary N) is 1. The molecule has 164 valence electrons. The van der Waals surface area contributed by atoms with Gasteiger partial charge in [-0.1, -0.05) is 30.3 Å². The van der Waals surface area contributed by atoms with Gasteiger partial charge >= 0.3 is 0 Å². The summed E-state index contributed by atoms with van der Waals surface area (Å²) >= 11 is 1.53. The van der Waals surface area contributed by atoms with Crippen molar-refractivity contribution in [2.24, 2.45) is 0 Å². The Labute approximate surface area is 185 Å². The molecule has 0 saturated carbocycles. The Morgan fingerprint density at radius 3 is 2.90 bits per heavy atom. The number of amides is 1. The van der Waals surface area contributed by atoms with E-state index < -0.39 is 0 Å². The number of thiophene rings is 1. The second kappa shape index (κ2) is 9.72. The molecule has 31 heavy (non-hydrogen) atoms. The summed E-state index contributed by atoms with van der Waals surface area (Å²) in [6.07, 6.45) is 1.74. The molecule has 3 heterocycles. The number of aromatic nitrogens is 2. The van der Waals surface area contributed by atoms with Gasteiger partial charge in [-0.05, 0) is 25.0 Å². The lowest BCUT2D eigenvalue weighted by molar-refractivity contribution is -0.122. The molecule has 0 spiro atoms. The monoisotopic (exact) mass is 440 g/mol. The zero-order chi connectivity index (χ0) is 21.8. The molecule has 2 aromatic heterocycles. The first-order valence-corrected chi connectivity index (χ1v) is 11.4. The summed E-state index contributed by atoms with van der Waals surface area (Å²) in [5.41, 5.74) is 2.18. The van der Waals surface area contributed by atoms with E-state index in [-0.39, 0.29) is 24.0 Å². The molecule has 1 atom stereocenters. The minimum Gasteiger partial charge on any atom is -0.374 e. The molecule has 1 saturated heterocycles. The minimum absolute atomic E-state index is 0.0291. The van der Waals surface area contributed by atoms with Crippen molar-refractivity contribution in [1.29, 1.82) is 0 Å². The van der Waals surface area contributed by atoms with E-state index in [1.807, 2.05) is 32.0 Å². The Bertz CT molecular complexity index is 1110. The molecule has 3 aromatic rings. The van der Waals surface area contributed by atoms with Crippen LogP contribution in [0.4, 0.5) is 0 Å². The number of benzene rings is 1. The maximum Gasteiger partial charge on any atom is 0.262 e. The molecule has 1 fully saturated rings. The molecule has 0 aliphatic carbocycles. The third-order valence-electron chi connectivity index (χ3n) is 5.73. The van der Waals surface area contributed by atoms with Crippen molar-refractivity contribution in [1.82, 2.24) is 19.8 Å². The zero-order valence-corrected chi connectivity index (χ0v) is 18.8. The lowest BCUT2D eigenvalue weighted by Gasteiger charge is -2.33. The van der Waals surface area contributed by atoms with E-state index in [9.17, 15) is 9.59 Å². The van der Waals surface area contributed by atoms with Crippen molar-refractivity contribution in [3.8, 4) is 0 Å². The van der Waals surface area contributed by atoms with Crippen LogP contribution < -0.4 is 10.9 Å².